The summed E-state index contributed by atoms with van der Waals surface area (Å²) in [6.45, 7) is 0. The van der Waals surface area contributed by atoms with E-state index in [4.69, 9.17) is 0 Å². The van der Waals surface area contributed by atoms with E-state index in [1.165, 1.54) is 22.9 Å². The Morgan fingerprint density at radius 3 is 1.29 bits per heavy atom. The van der Waals surface area contributed by atoms with Gasteiger partial charge >= 0.3 is 0 Å². The summed E-state index contributed by atoms with van der Waals surface area (Å²) < 4.78 is 0. The van der Waals surface area contributed by atoms with E-state index < -0.39 is 0 Å². The van der Waals surface area contributed by atoms with Gasteiger partial charge in [-0.25, -0.2) is 0 Å². The second-order valence-corrected chi connectivity index (χ2v) is 6.45. The zero-order valence-corrected chi connectivity index (χ0v) is 12.5. The Morgan fingerprint density at radius 1 is 0.588 bits per heavy atom. The van der Waals surface area contributed by atoms with Crippen LogP contribution in [0.5, 0.6) is 0 Å². The first kappa shape index (κ1) is 14.9. The minimum atomic E-state index is 0. The summed E-state index contributed by atoms with van der Waals surface area (Å²) in [6, 6.07) is 21.6. The van der Waals surface area contributed by atoms with E-state index in [9.17, 15) is 0 Å². The molecule has 92 valence electrons. The fraction of sp³-hybridized carbons (Fsp3) is 0.143. The van der Waals surface area contributed by atoms with Gasteiger partial charge in [-0.1, -0.05) is 77.8 Å². The molecular formula is C14H16NiP2. The van der Waals surface area contributed by atoms with Crippen molar-refractivity contribution in [1.82, 2.24) is 0 Å². The van der Waals surface area contributed by atoms with Crippen LogP contribution in [-0.4, -0.2) is 12.3 Å². The first-order valence-electron chi connectivity index (χ1n) is 5.53. The fourth-order valence-corrected chi connectivity index (χ4v) is 3.96. The summed E-state index contributed by atoms with van der Waals surface area (Å²) in [5.74, 6) is 0. The van der Waals surface area contributed by atoms with Gasteiger partial charge in [0.15, 0.2) is 0 Å². The van der Waals surface area contributed by atoms with Crippen molar-refractivity contribution >= 4 is 27.8 Å². The number of rotatable bonds is 5. The average Bonchev–Trinajstić information content (AvgIpc) is 2.37. The SMILES string of the molecule is [Ni].c1ccc(PCCPc2ccccc2)cc1. The van der Waals surface area contributed by atoms with E-state index in [0.29, 0.717) is 0 Å². The molecule has 0 aliphatic carbocycles. The third kappa shape index (κ3) is 5.78. The van der Waals surface area contributed by atoms with Gasteiger partial charge in [-0.3, -0.25) is 0 Å². The molecule has 0 heterocycles. The van der Waals surface area contributed by atoms with Crippen LogP contribution in [0.1, 0.15) is 0 Å². The molecule has 0 bridgehead atoms. The Balaban J connectivity index is 0.00000144. The average molecular weight is 305 g/mol. The van der Waals surface area contributed by atoms with Gasteiger partial charge in [-0.2, -0.15) is 0 Å². The molecule has 0 fully saturated rings. The van der Waals surface area contributed by atoms with Crippen LogP contribution >= 0.6 is 17.2 Å². The van der Waals surface area contributed by atoms with E-state index in [-0.39, 0.29) is 16.5 Å². The van der Waals surface area contributed by atoms with Crippen LogP contribution in [0.3, 0.4) is 0 Å². The maximum atomic E-state index is 2.23. The van der Waals surface area contributed by atoms with Gasteiger partial charge in [0.1, 0.15) is 0 Å². The van der Waals surface area contributed by atoms with E-state index in [2.05, 4.69) is 60.7 Å². The van der Waals surface area contributed by atoms with Crippen molar-refractivity contribution in [2.24, 2.45) is 0 Å². The van der Waals surface area contributed by atoms with Crippen LogP contribution in [0.4, 0.5) is 0 Å². The third-order valence-electron chi connectivity index (χ3n) is 2.33. The maximum Gasteiger partial charge on any atom is 0 e. The third-order valence-corrected chi connectivity index (χ3v) is 5.31. The van der Waals surface area contributed by atoms with Gasteiger partial charge in [0, 0.05) is 16.5 Å². The van der Waals surface area contributed by atoms with Crippen molar-refractivity contribution in [3.8, 4) is 0 Å². The first-order valence-corrected chi connectivity index (χ1v) is 7.94. The van der Waals surface area contributed by atoms with Gasteiger partial charge in [-0.05, 0) is 22.9 Å². The molecule has 2 aromatic carbocycles. The molecule has 2 atom stereocenters. The summed E-state index contributed by atoms with van der Waals surface area (Å²) in [5.41, 5.74) is 0. The molecular weight excluding hydrogens is 289 g/mol. The van der Waals surface area contributed by atoms with Crippen LogP contribution in [-0.2, 0) is 16.5 Å². The maximum absolute atomic E-state index is 2.23. The van der Waals surface area contributed by atoms with Crippen LogP contribution in [0.2, 0.25) is 0 Å². The number of hydrogen-bond donors (Lipinski definition) is 0. The van der Waals surface area contributed by atoms with Crippen molar-refractivity contribution in [2.75, 3.05) is 12.3 Å². The Morgan fingerprint density at radius 2 is 0.941 bits per heavy atom. The zero-order chi connectivity index (χ0) is 11.1. The summed E-state index contributed by atoms with van der Waals surface area (Å²) in [7, 11) is 1.93. The topological polar surface area (TPSA) is 0 Å². The van der Waals surface area contributed by atoms with Crippen LogP contribution < -0.4 is 10.6 Å². The molecule has 0 N–H and O–H groups in total. The van der Waals surface area contributed by atoms with Crippen molar-refractivity contribution in [3.05, 3.63) is 60.7 Å². The fourth-order valence-electron chi connectivity index (χ4n) is 1.53. The second-order valence-electron chi connectivity index (χ2n) is 3.59. The van der Waals surface area contributed by atoms with E-state index >= 15 is 0 Å². The molecule has 17 heavy (non-hydrogen) atoms. The Kier molecular flexibility index (Phi) is 7.71. The molecule has 3 heteroatoms. The van der Waals surface area contributed by atoms with E-state index in [0.717, 1.165) is 17.2 Å². The summed E-state index contributed by atoms with van der Waals surface area (Å²) in [4.78, 5) is 0. The van der Waals surface area contributed by atoms with Crippen LogP contribution in [0.15, 0.2) is 60.7 Å². The Hall–Kier alpha value is -0.206. The predicted octanol–water partition coefficient (Wildman–Crippen LogP) is 2.99. The van der Waals surface area contributed by atoms with Gasteiger partial charge in [0.2, 0.25) is 0 Å². The van der Waals surface area contributed by atoms with Gasteiger partial charge in [0.05, 0.1) is 0 Å². The minimum Gasteiger partial charge on any atom is -0.0900 e. The summed E-state index contributed by atoms with van der Waals surface area (Å²) in [6.07, 6.45) is 2.63. The molecule has 0 saturated carbocycles. The minimum absolute atomic E-state index is 0. The quantitative estimate of drug-likeness (QED) is 0.452. The van der Waals surface area contributed by atoms with Crippen molar-refractivity contribution in [2.45, 2.75) is 0 Å². The smallest absolute Gasteiger partial charge is 0 e. The van der Waals surface area contributed by atoms with Gasteiger partial charge in [-0.15, -0.1) is 0 Å². The molecule has 0 radical (unpaired) electrons. The molecule has 0 nitrogen and oxygen atoms in total. The first-order chi connectivity index (χ1) is 7.95. The normalized spacial score (nSPS) is 11.1. The molecule has 2 rings (SSSR count). The van der Waals surface area contributed by atoms with Crippen molar-refractivity contribution in [3.63, 3.8) is 0 Å². The van der Waals surface area contributed by atoms with E-state index in [1.807, 2.05) is 0 Å². The van der Waals surface area contributed by atoms with Crippen LogP contribution in [0, 0.1) is 0 Å². The largest absolute Gasteiger partial charge is 0.0900 e. The molecule has 0 spiro atoms. The van der Waals surface area contributed by atoms with Crippen LogP contribution in [0.25, 0.3) is 0 Å². The number of hydrogen-bond acceptors (Lipinski definition) is 0. The molecule has 0 aliphatic rings. The zero-order valence-electron chi connectivity index (χ0n) is 9.50. The molecule has 2 aromatic rings. The monoisotopic (exact) mass is 304 g/mol. The molecule has 2 unspecified atom stereocenters. The summed E-state index contributed by atoms with van der Waals surface area (Å²) in [5, 5.41) is 2.97. The van der Waals surface area contributed by atoms with Crippen molar-refractivity contribution in [1.29, 1.82) is 0 Å². The standard InChI is InChI=1S/C14H16P2.Ni/c1-3-7-13(8-4-1)15-11-12-16-14-9-5-2-6-10-14;/h1-10,15-16H,11-12H2;. The predicted molar refractivity (Wildman–Crippen MR) is 78.5 cm³/mol. The Bertz CT molecular complexity index is 362. The molecule has 0 aromatic heterocycles. The molecule has 0 aliphatic heterocycles. The van der Waals surface area contributed by atoms with E-state index in [1.54, 1.807) is 0 Å². The van der Waals surface area contributed by atoms with Crippen molar-refractivity contribution < 1.29 is 16.5 Å². The Labute approximate surface area is 117 Å². The summed E-state index contributed by atoms with van der Waals surface area (Å²) >= 11 is 0. The molecule has 0 saturated heterocycles. The van der Waals surface area contributed by atoms with Gasteiger partial charge < -0.3 is 0 Å². The second kappa shape index (κ2) is 8.82. The number of benzene rings is 2. The molecule has 0 amide bonds. The van der Waals surface area contributed by atoms with Gasteiger partial charge in [0.25, 0.3) is 0 Å².